The van der Waals surface area contributed by atoms with E-state index < -0.39 is 367 Å². The fourth-order valence-corrected chi connectivity index (χ4v) is 12.8. The van der Waals surface area contributed by atoms with Crippen molar-refractivity contribution in [1.82, 2.24) is 0 Å². The van der Waals surface area contributed by atoms with Gasteiger partial charge in [0.25, 0.3) is 0 Å². The number of fused-ring (bicyclic) bond motifs is 9. The first-order valence-corrected chi connectivity index (χ1v) is 33.9. The van der Waals surface area contributed by atoms with Crippen molar-refractivity contribution in [2.75, 3.05) is 13.2 Å². The highest BCUT2D eigenvalue weighted by Crippen LogP contribution is 2.59. The summed E-state index contributed by atoms with van der Waals surface area (Å²) in [5.74, 6) is -66.2. The molecule has 5 heterocycles. The van der Waals surface area contributed by atoms with Gasteiger partial charge in [-0.25, -0.2) is 43.2 Å². The molecule has 0 radical (unpaired) electrons. The van der Waals surface area contributed by atoms with E-state index in [2.05, 4.69) is 0 Å². The van der Waals surface area contributed by atoms with E-state index in [4.69, 9.17) is 56.8 Å². The van der Waals surface area contributed by atoms with Crippen LogP contribution < -0.4 is 9.47 Å². The highest BCUT2D eigenvalue weighted by atomic mass is 16.8. The number of phenolic OH excluding ortho intramolecular Hbond substituents is 25. The fourth-order valence-electron chi connectivity index (χ4n) is 12.8. The summed E-state index contributed by atoms with van der Waals surface area (Å²) in [5.41, 5.74) is -18.5. The Morgan fingerprint density at radius 2 is 0.610 bits per heavy atom. The molecule has 5 aliphatic rings. The Balaban J connectivity index is 1.11. The van der Waals surface area contributed by atoms with Gasteiger partial charge in [-0.05, 0) is 48.5 Å². The van der Waals surface area contributed by atoms with Crippen molar-refractivity contribution >= 4 is 60.0 Å². The number of hydrogen-bond acceptors (Lipinski definition) is 48. The minimum atomic E-state index is -3.22. The molecule has 26 N–H and O–H groups in total. The Bertz CT molecular complexity index is 6050. The Kier molecular flexibility index (Phi) is 21.1. The summed E-state index contributed by atoms with van der Waals surface area (Å²) in [6.07, 6.45) is -28.0. The fraction of sp³-hybridized carbons (Fsp3) is 0.147. The number of aldehydes is 1. The van der Waals surface area contributed by atoms with Gasteiger partial charge in [-0.1, -0.05) is 0 Å². The van der Waals surface area contributed by atoms with Gasteiger partial charge >= 0.3 is 53.7 Å². The molecule has 9 aromatic rings. The van der Waals surface area contributed by atoms with Crippen LogP contribution in [0, 0.1) is 0 Å². The maximum atomic E-state index is 15.6. The molecule has 8 bridgehead atoms. The molecule has 5 aliphatic heterocycles. The largest absolute Gasteiger partial charge is 0.504 e. The molecule has 0 amide bonds. The average molecular weight is 1720 g/mol. The number of rotatable bonds is 7. The highest BCUT2D eigenvalue weighted by Gasteiger charge is 2.56. The van der Waals surface area contributed by atoms with Gasteiger partial charge in [0.05, 0.1) is 38.9 Å². The van der Waals surface area contributed by atoms with Crippen LogP contribution in [0.3, 0.4) is 0 Å². The van der Waals surface area contributed by atoms with Crippen molar-refractivity contribution in [2.24, 2.45) is 0 Å². The van der Waals surface area contributed by atoms with Crippen LogP contribution >= 0.6 is 0 Å². The van der Waals surface area contributed by atoms with E-state index in [1.165, 1.54) is 0 Å². The number of hydrogen-bond donors (Lipinski definition) is 26. The van der Waals surface area contributed by atoms with E-state index in [0.29, 0.717) is 36.4 Å². The van der Waals surface area contributed by atoms with Gasteiger partial charge in [0.1, 0.15) is 36.5 Å². The van der Waals surface area contributed by atoms with Crippen molar-refractivity contribution in [3.05, 3.63) is 123 Å². The Labute approximate surface area is 675 Å². The number of aliphatic hydroxyl groups excluding tert-OH is 1. The topological polar surface area (TPSA) is 807 Å². The van der Waals surface area contributed by atoms with Crippen molar-refractivity contribution in [3.8, 4) is 189 Å². The third-order valence-electron chi connectivity index (χ3n) is 18.8. The van der Waals surface area contributed by atoms with Gasteiger partial charge in [0.2, 0.25) is 58.4 Å². The molecule has 14 rings (SSSR count). The van der Waals surface area contributed by atoms with Crippen molar-refractivity contribution in [2.45, 2.75) is 55.1 Å². The van der Waals surface area contributed by atoms with E-state index in [1.54, 1.807) is 0 Å². The lowest BCUT2D eigenvalue weighted by Gasteiger charge is -2.43. The molecule has 48 nitrogen and oxygen atoms in total. The number of phenols is 25. The number of carbonyl (C=O) groups excluding carboxylic acids is 10. The van der Waals surface area contributed by atoms with Crippen LogP contribution in [0.25, 0.3) is 22.3 Å². The first-order chi connectivity index (χ1) is 57.9. The second-order valence-corrected chi connectivity index (χ2v) is 26.3. The van der Waals surface area contributed by atoms with Gasteiger partial charge in [0, 0.05) is 46.5 Å². The van der Waals surface area contributed by atoms with Gasteiger partial charge in [-0.3, -0.25) is 4.79 Å². The number of cyclic esters (lactones) is 1. The molecular weight excluding hydrogens is 1670 g/mol. The highest BCUT2D eigenvalue weighted by molar-refractivity contribution is 6.11. The van der Waals surface area contributed by atoms with Crippen molar-refractivity contribution in [1.29, 1.82) is 0 Å². The molecule has 0 aromatic heterocycles. The lowest BCUT2D eigenvalue weighted by atomic mass is 9.91. The van der Waals surface area contributed by atoms with Crippen LogP contribution in [0.15, 0.2) is 72.8 Å². The van der Waals surface area contributed by atoms with Crippen LogP contribution in [-0.4, -0.2) is 261 Å². The third-order valence-corrected chi connectivity index (χ3v) is 18.8. The van der Waals surface area contributed by atoms with Crippen LogP contribution in [0.1, 0.15) is 93.2 Å². The third kappa shape index (κ3) is 14.5. The number of aliphatic hydroxyl groups is 1. The molecule has 0 spiro atoms. The van der Waals surface area contributed by atoms with E-state index in [1.807, 2.05) is 0 Å². The normalized spacial score (nSPS) is 19.5. The minimum Gasteiger partial charge on any atom is -0.504 e. The Morgan fingerprint density at radius 3 is 1.02 bits per heavy atom. The van der Waals surface area contributed by atoms with E-state index in [9.17, 15) is 157 Å². The summed E-state index contributed by atoms with van der Waals surface area (Å²) < 4.78 is 67.7. The van der Waals surface area contributed by atoms with Gasteiger partial charge in [0.15, 0.2) is 158 Å². The van der Waals surface area contributed by atoms with Crippen LogP contribution in [0.5, 0.6) is 167 Å². The van der Waals surface area contributed by atoms with Crippen LogP contribution in [0.2, 0.25) is 0 Å². The van der Waals surface area contributed by atoms with Gasteiger partial charge < -0.3 is 190 Å². The summed E-state index contributed by atoms with van der Waals surface area (Å²) in [6.45, 7) is -3.44. The zero-order valence-electron chi connectivity index (χ0n) is 60.2. The first-order valence-electron chi connectivity index (χ1n) is 33.9. The molecule has 1 fully saturated rings. The second kappa shape index (κ2) is 31.1. The van der Waals surface area contributed by atoms with Crippen LogP contribution in [0.4, 0.5) is 0 Å². The smallest absolute Gasteiger partial charge is 0.343 e. The number of aromatic hydroxyl groups is 25. The molecule has 1 saturated heterocycles. The zero-order chi connectivity index (χ0) is 89.7. The van der Waals surface area contributed by atoms with Crippen molar-refractivity contribution < 1.29 is 238 Å². The van der Waals surface area contributed by atoms with Crippen LogP contribution in [-0.2, 0) is 52.2 Å². The molecule has 9 unspecified atom stereocenters. The summed E-state index contributed by atoms with van der Waals surface area (Å²) in [7, 11) is 0. The molecule has 640 valence electrons. The molecule has 0 aliphatic carbocycles. The van der Waals surface area contributed by atoms with E-state index >= 15 is 24.0 Å². The molecule has 48 heteroatoms. The van der Waals surface area contributed by atoms with Crippen molar-refractivity contribution in [3.63, 3.8) is 0 Å². The monoisotopic (exact) mass is 1720 g/mol. The molecular formula is C75H52O48. The summed E-state index contributed by atoms with van der Waals surface area (Å²) >= 11 is 0. The number of esters is 9. The zero-order valence-corrected chi connectivity index (χ0v) is 60.2. The molecule has 9 aromatic carbocycles. The molecule has 9 atom stereocenters. The minimum absolute atomic E-state index is 0.0486. The summed E-state index contributed by atoms with van der Waals surface area (Å²) in [4.78, 5) is 149. The standard InChI is InChI=1S/C75H52O48/c76-13-38-62(119-66(103)16-1-25(77)44(88)26(78)2-16)61-35(87)14-112-69(106)19-7-31(83)47(91)53(97)40(19)43-22(72(109)118-61)12-37(52(96)56(43)100)115-60-24(10-34(86)50(94)58(60)102)74(111)122-65-64(121-67(104)17-3-27(79)45(89)28(80)4-17)63-39(117-75(65)123-68(105)18-5-29(81)46(90)30(82)6-18)15-113-70(107)21-11-36(114-59-23(73(110)116-38)9-33(85)49(93)57(59)101)51(95)55(99)42(21)41-20(71(108)120-63)8-32(84)48(92)54(41)98/h1-13,35,38-39,61-65,75,77-102H,14-15H2. The number of benzene rings is 9. The average Bonchev–Trinajstić information content (AvgIpc) is 1.73. The predicted octanol–water partition coefficient (Wildman–Crippen LogP) is 2.99. The quantitative estimate of drug-likeness (QED) is 0.0472. The second-order valence-electron chi connectivity index (χ2n) is 26.3. The number of carbonyl (C=O) groups is 10. The van der Waals surface area contributed by atoms with Gasteiger partial charge in [-0.15, -0.1) is 0 Å². The molecule has 123 heavy (non-hydrogen) atoms. The predicted molar refractivity (Wildman–Crippen MR) is 380 cm³/mol. The van der Waals surface area contributed by atoms with E-state index in [0.717, 1.165) is 0 Å². The lowest BCUT2D eigenvalue weighted by molar-refractivity contribution is -0.282. The first kappa shape index (κ1) is 83.3. The Hall–Kier alpha value is -17.6. The SMILES string of the molecule is O=CC1OC(=O)c2cc(O)c(O)c(O)c2Oc2cc3c(c(O)c2O)-c2c(cc(O)c(O)c2O)C(=O)OC2C(COC3=O)OC(OC(=O)c3cc(O)c(O)c(O)c3)C(OC(=O)c3cc(O)c(O)c(O)c3Oc3cc4c(c(O)c3O)-c3c(cc(O)c(O)c3O)C(=O)OCC(O)C(OC4=O)C1OC(=O)c1cc(O)c(O)c(O)c1)C2OC(=O)c1cc(O)c(O)c(O)c1. The van der Waals surface area contributed by atoms with E-state index in [-0.39, 0.29) is 36.4 Å². The number of ether oxygens (including phenoxy) is 12. The van der Waals surface area contributed by atoms with Gasteiger partial charge in [-0.2, -0.15) is 0 Å². The maximum absolute atomic E-state index is 15.6. The molecule has 0 saturated carbocycles. The lowest BCUT2D eigenvalue weighted by Crippen LogP contribution is -2.63. The maximum Gasteiger partial charge on any atom is 0.343 e. The Morgan fingerprint density at radius 1 is 0.309 bits per heavy atom. The summed E-state index contributed by atoms with van der Waals surface area (Å²) in [6, 6.07) is 2.82. The summed E-state index contributed by atoms with van der Waals surface area (Å²) in [5, 5.41) is 291.